The molecule has 0 bridgehead atoms. The van der Waals surface area contributed by atoms with E-state index >= 15 is 0 Å². The summed E-state index contributed by atoms with van der Waals surface area (Å²) < 4.78 is 5.39. The van der Waals surface area contributed by atoms with Crippen LogP contribution >= 0.6 is 11.8 Å². The molecule has 2 aromatic rings. The monoisotopic (exact) mass is 385 g/mol. The van der Waals surface area contributed by atoms with Gasteiger partial charge in [0.2, 0.25) is 5.91 Å². The van der Waals surface area contributed by atoms with Crippen LogP contribution in [0.5, 0.6) is 5.75 Å². The molecule has 4 nitrogen and oxygen atoms in total. The van der Waals surface area contributed by atoms with Gasteiger partial charge in [0.15, 0.2) is 5.78 Å². The van der Waals surface area contributed by atoms with Crippen LogP contribution in [0.15, 0.2) is 53.4 Å². The molecule has 0 fully saturated rings. The second-order valence-electron chi connectivity index (χ2n) is 7.48. The number of hydrogen-bond donors (Lipinski definition) is 1. The Kier molecular flexibility index (Phi) is 7.48. The molecule has 0 saturated carbocycles. The van der Waals surface area contributed by atoms with Gasteiger partial charge in [-0.3, -0.25) is 9.59 Å². The summed E-state index contributed by atoms with van der Waals surface area (Å²) in [7, 11) is 0. The first-order valence-electron chi connectivity index (χ1n) is 9.05. The van der Waals surface area contributed by atoms with E-state index in [0.717, 1.165) is 16.3 Å². The van der Waals surface area contributed by atoms with Gasteiger partial charge in [-0.15, -0.1) is 11.8 Å². The average molecular weight is 386 g/mol. The Morgan fingerprint density at radius 2 is 1.63 bits per heavy atom. The number of thioether (sulfide) groups is 1. The molecule has 27 heavy (non-hydrogen) atoms. The van der Waals surface area contributed by atoms with Gasteiger partial charge in [0.25, 0.3) is 0 Å². The summed E-state index contributed by atoms with van der Waals surface area (Å²) in [5.41, 5.74) is 1.41. The van der Waals surface area contributed by atoms with Crippen molar-refractivity contribution in [1.29, 1.82) is 0 Å². The fourth-order valence-electron chi connectivity index (χ4n) is 2.46. The number of ketones is 1. The fraction of sp³-hybridized carbons (Fsp3) is 0.364. The van der Waals surface area contributed by atoms with Crippen molar-refractivity contribution in [3.05, 3.63) is 54.1 Å². The molecule has 5 heteroatoms. The topological polar surface area (TPSA) is 55.4 Å². The molecule has 144 valence electrons. The summed E-state index contributed by atoms with van der Waals surface area (Å²) in [6.45, 7) is 8.64. The molecule has 0 spiro atoms. The molecular weight excluding hydrogens is 358 g/mol. The van der Waals surface area contributed by atoms with Gasteiger partial charge in [0.05, 0.1) is 12.4 Å². The molecule has 0 radical (unpaired) electrons. The Labute approximate surface area is 165 Å². The lowest BCUT2D eigenvalue weighted by atomic mass is 9.92. The lowest BCUT2D eigenvalue weighted by Gasteiger charge is -2.17. The van der Waals surface area contributed by atoms with Crippen LogP contribution in [-0.2, 0) is 4.79 Å². The quantitative estimate of drug-likeness (QED) is 0.486. The molecule has 0 aliphatic carbocycles. The van der Waals surface area contributed by atoms with Gasteiger partial charge >= 0.3 is 0 Å². The Morgan fingerprint density at radius 1 is 1.00 bits per heavy atom. The highest BCUT2D eigenvalue weighted by molar-refractivity contribution is 8.00. The zero-order valence-corrected chi connectivity index (χ0v) is 17.2. The summed E-state index contributed by atoms with van der Waals surface area (Å²) >= 11 is 1.48. The third-order valence-electron chi connectivity index (χ3n) is 3.69. The van der Waals surface area contributed by atoms with Crippen molar-refractivity contribution < 1.29 is 14.3 Å². The fourth-order valence-corrected chi connectivity index (χ4v) is 3.25. The summed E-state index contributed by atoms with van der Waals surface area (Å²) in [6, 6.07) is 14.8. The van der Waals surface area contributed by atoms with E-state index in [1.165, 1.54) is 11.8 Å². The number of amides is 1. The molecule has 0 aliphatic heterocycles. The zero-order valence-electron chi connectivity index (χ0n) is 16.4. The van der Waals surface area contributed by atoms with E-state index < -0.39 is 0 Å². The number of nitrogens with one attached hydrogen (secondary N) is 1. The number of ether oxygens (including phenoxy) is 1. The number of anilines is 1. The number of carbonyl (C=O) groups excluding carboxylic acids is 2. The van der Waals surface area contributed by atoms with Gasteiger partial charge in [-0.1, -0.05) is 20.8 Å². The zero-order chi connectivity index (χ0) is 19.9. The first-order chi connectivity index (χ1) is 12.8. The van der Waals surface area contributed by atoms with Crippen molar-refractivity contribution in [3.63, 3.8) is 0 Å². The second kappa shape index (κ2) is 9.60. The maximum Gasteiger partial charge on any atom is 0.224 e. The standard InChI is InChI=1S/C22H27NO3S/c1-5-26-18-10-6-16(7-11-18)20(24)15-27-19-12-8-17(9-13-19)23-21(25)14-22(2,3)4/h6-13H,5,14-15H2,1-4H3,(H,23,25). The van der Waals surface area contributed by atoms with Gasteiger partial charge in [0, 0.05) is 22.6 Å². The summed E-state index contributed by atoms with van der Waals surface area (Å²) in [5.74, 6) is 1.22. The van der Waals surface area contributed by atoms with Crippen LogP contribution in [0.2, 0.25) is 0 Å². The number of benzene rings is 2. The minimum atomic E-state index is -0.0406. The minimum absolute atomic E-state index is 0.00794. The van der Waals surface area contributed by atoms with Crippen molar-refractivity contribution in [3.8, 4) is 5.75 Å². The van der Waals surface area contributed by atoms with Crippen LogP contribution in [0.4, 0.5) is 5.69 Å². The maximum atomic E-state index is 12.3. The Hall–Kier alpha value is -2.27. The van der Waals surface area contributed by atoms with E-state index in [0.29, 0.717) is 24.3 Å². The molecule has 0 aromatic heterocycles. The van der Waals surface area contributed by atoms with Crippen LogP contribution in [0.1, 0.15) is 44.5 Å². The third kappa shape index (κ3) is 7.47. The average Bonchev–Trinajstić information content (AvgIpc) is 2.60. The van der Waals surface area contributed by atoms with Gasteiger partial charge in [-0.05, 0) is 60.9 Å². The Morgan fingerprint density at radius 3 is 2.19 bits per heavy atom. The smallest absolute Gasteiger partial charge is 0.224 e. The van der Waals surface area contributed by atoms with Crippen molar-refractivity contribution in [2.75, 3.05) is 17.7 Å². The number of Topliss-reactive ketones (excluding diaryl/α,β-unsaturated/α-hetero) is 1. The molecule has 1 N–H and O–H groups in total. The van der Waals surface area contributed by atoms with Crippen LogP contribution in [0.25, 0.3) is 0 Å². The van der Waals surface area contributed by atoms with E-state index in [4.69, 9.17) is 4.74 Å². The second-order valence-corrected chi connectivity index (χ2v) is 8.53. The number of hydrogen-bond acceptors (Lipinski definition) is 4. The number of rotatable bonds is 8. The summed E-state index contributed by atoms with van der Waals surface area (Å²) in [6.07, 6.45) is 0.472. The highest BCUT2D eigenvalue weighted by Crippen LogP contribution is 2.23. The van der Waals surface area contributed by atoms with E-state index in [-0.39, 0.29) is 17.1 Å². The highest BCUT2D eigenvalue weighted by Gasteiger charge is 2.16. The Bertz CT molecular complexity index is 762. The lowest BCUT2D eigenvalue weighted by molar-refractivity contribution is -0.117. The lowest BCUT2D eigenvalue weighted by Crippen LogP contribution is -2.19. The molecule has 0 atom stereocenters. The third-order valence-corrected chi connectivity index (χ3v) is 4.70. The minimum Gasteiger partial charge on any atom is -0.494 e. The molecule has 0 unspecified atom stereocenters. The predicted molar refractivity (Wildman–Crippen MR) is 112 cm³/mol. The summed E-state index contributed by atoms with van der Waals surface area (Å²) in [5, 5.41) is 2.90. The highest BCUT2D eigenvalue weighted by atomic mass is 32.2. The predicted octanol–water partition coefficient (Wildman–Crippen LogP) is 5.44. The van der Waals surface area contributed by atoms with Gasteiger partial charge in [-0.2, -0.15) is 0 Å². The molecule has 2 aromatic carbocycles. The number of carbonyl (C=O) groups is 2. The maximum absolute atomic E-state index is 12.3. The van der Waals surface area contributed by atoms with Crippen LogP contribution in [0, 0.1) is 5.41 Å². The van der Waals surface area contributed by atoms with E-state index in [2.05, 4.69) is 5.32 Å². The van der Waals surface area contributed by atoms with Gasteiger partial charge in [-0.25, -0.2) is 0 Å². The molecule has 0 heterocycles. The SMILES string of the molecule is CCOc1ccc(C(=O)CSc2ccc(NC(=O)CC(C)(C)C)cc2)cc1. The largest absolute Gasteiger partial charge is 0.494 e. The first-order valence-corrected chi connectivity index (χ1v) is 10.0. The van der Waals surface area contributed by atoms with Gasteiger partial charge in [0.1, 0.15) is 5.75 Å². The van der Waals surface area contributed by atoms with Crippen molar-refractivity contribution in [2.45, 2.75) is 39.0 Å². The Balaban J connectivity index is 1.85. The molecule has 0 saturated heterocycles. The molecule has 0 aliphatic rings. The van der Waals surface area contributed by atoms with E-state index in [9.17, 15) is 9.59 Å². The van der Waals surface area contributed by atoms with E-state index in [1.54, 1.807) is 12.1 Å². The van der Waals surface area contributed by atoms with E-state index in [1.807, 2.05) is 64.1 Å². The van der Waals surface area contributed by atoms with Crippen molar-refractivity contribution >= 4 is 29.1 Å². The first kappa shape index (κ1) is 21.0. The van der Waals surface area contributed by atoms with Crippen LogP contribution in [0.3, 0.4) is 0 Å². The van der Waals surface area contributed by atoms with Gasteiger partial charge < -0.3 is 10.1 Å². The summed E-state index contributed by atoms with van der Waals surface area (Å²) in [4.78, 5) is 25.3. The molecular formula is C22H27NO3S. The molecule has 1 amide bonds. The van der Waals surface area contributed by atoms with Crippen molar-refractivity contribution in [2.24, 2.45) is 5.41 Å². The van der Waals surface area contributed by atoms with Crippen LogP contribution in [-0.4, -0.2) is 24.1 Å². The van der Waals surface area contributed by atoms with Crippen molar-refractivity contribution in [1.82, 2.24) is 0 Å². The van der Waals surface area contributed by atoms with Crippen LogP contribution < -0.4 is 10.1 Å². The normalized spacial score (nSPS) is 11.1. The molecule has 2 rings (SSSR count).